The van der Waals surface area contributed by atoms with Crippen LogP contribution < -0.4 is 5.56 Å². The molecule has 2 aromatic carbocycles. The molecule has 8 heteroatoms. The minimum absolute atomic E-state index is 0.167. The molecule has 5 heterocycles. The molecule has 0 radical (unpaired) electrons. The van der Waals surface area contributed by atoms with Crippen LogP contribution in [0.25, 0.3) is 44.9 Å². The van der Waals surface area contributed by atoms with Crippen molar-refractivity contribution in [2.24, 2.45) is 0 Å². The van der Waals surface area contributed by atoms with Gasteiger partial charge in [0.1, 0.15) is 17.2 Å². The number of hydrogen-bond donors (Lipinski definition) is 1. The lowest BCUT2D eigenvalue weighted by Gasteiger charge is -2.26. The zero-order valence-corrected chi connectivity index (χ0v) is 22.9. The van der Waals surface area contributed by atoms with Crippen LogP contribution in [0.1, 0.15) is 36.9 Å². The molecule has 1 aliphatic rings. The van der Waals surface area contributed by atoms with Crippen LogP contribution in [-0.4, -0.2) is 49.0 Å². The molecule has 4 aromatic heterocycles. The number of piperidine rings is 1. The second-order valence-electron chi connectivity index (χ2n) is 10.8. The molecule has 41 heavy (non-hydrogen) atoms. The van der Waals surface area contributed by atoms with Gasteiger partial charge in [0.05, 0.1) is 28.3 Å². The fourth-order valence-corrected chi connectivity index (χ4v) is 5.83. The Labute approximate surface area is 237 Å². The molecule has 6 aromatic rings. The molecule has 8 nitrogen and oxygen atoms in total. The molecular formula is C33H32N6O2. The molecule has 0 spiro atoms. The Morgan fingerprint density at radius 1 is 0.878 bits per heavy atom. The van der Waals surface area contributed by atoms with Crippen LogP contribution in [0.4, 0.5) is 0 Å². The molecule has 1 fully saturated rings. The number of likely N-dealkylation sites (tertiary alicyclic amines) is 1. The maximum absolute atomic E-state index is 12.9. The van der Waals surface area contributed by atoms with Crippen LogP contribution in [0.2, 0.25) is 0 Å². The Morgan fingerprint density at radius 3 is 2.54 bits per heavy atom. The van der Waals surface area contributed by atoms with Crippen molar-refractivity contribution in [3.8, 4) is 22.8 Å². The molecule has 0 bridgehead atoms. The van der Waals surface area contributed by atoms with E-state index in [4.69, 9.17) is 14.4 Å². The van der Waals surface area contributed by atoms with E-state index in [-0.39, 0.29) is 5.56 Å². The fraction of sp³-hybridized carbons (Fsp3) is 0.273. The average molecular weight is 545 g/mol. The van der Waals surface area contributed by atoms with Gasteiger partial charge in [-0.05, 0) is 80.9 Å². The number of hydrogen-bond acceptors (Lipinski definition) is 6. The molecule has 1 aliphatic heterocycles. The van der Waals surface area contributed by atoms with Crippen molar-refractivity contribution in [1.29, 1.82) is 0 Å². The third-order valence-electron chi connectivity index (χ3n) is 7.95. The van der Waals surface area contributed by atoms with Gasteiger partial charge in [-0.2, -0.15) is 0 Å². The van der Waals surface area contributed by atoms with Gasteiger partial charge in [0, 0.05) is 24.7 Å². The highest BCUT2D eigenvalue weighted by Gasteiger charge is 2.17. The number of benzene rings is 2. The summed E-state index contributed by atoms with van der Waals surface area (Å²) in [5, 5.41) is 0. The normalized spacial score (nSPS) is 14.2. The lowest BCUT2D eigenvalue weighted by molar-refractivity contribution is 0.223. The predicted octanol–water partition coefficient (Wildman–Crippen LogP) is 6.06. The number of aryl methyl sites for hydroxylation is 1. The standard InChI is InChI=1S/C33H32N6O2/c40-33-29(19-23-9-3-1-4-10-23)35-27-21-30-28(20-26(27)37-33)36-32(39(30)17-8-16-38-14-5-2-6-15-38)24-12-13-25(34-22-24)31-11-7-18-41-31/h1,3-4,7,9-13,18,20-22H,2,5-6,8,14-17,19H2,(H,37,40). The summed E-state index contributed by atoms with van der Waals surface area (Å²) in [6.07, 6.45) is 8.92. The summed E-state index contributed by atoms with van der Waals surface area (Å²) >= 11 is 0. The van der Waals surface area contributed by atoms with Crippen LogP contribution in [0.5, 0.6) is 0 Å². The summed E-state index contributed by atoms with van der Waals surface area (Å²) in [5.74, 6) is 1.60. The number of imidazole rings is 1. The van der Waals surface area contributed by atoms with E-state index in [0.717, 1.165) is 64.5 Å². The third kappa shape index (κ3) is 5.30. The summed E-state index contributed by atoms with van der Waals surface area (Å²) < 4.78 is 7.81. The first kappa shape index (κ1) is 25.4. The molecule has 0 unspecified atom stereocenters. The van der Waals surface area contributed by atoms with E-state index in [0.29, 0.717) is 17.6 Å². The molecule has 1 saturated heterocycles. The molecule has 0 aliphatic carbocycles. The van der Waals surface area contributed by atoms with Gasteiger partial charge in [-0.1, -0.05) is 36.8 Å². The summed E-state index contributed by atoms with van der Waals surface area (Å²) in [6.45, 7) is 4.26. The summed E-state index contributed by atoms with van der Waals surface area (Å²) in [7, 11) is 0. The lowest BCUT2D eigenvalue weighted by Crippen LogP contribution is -2.31. The highest BCUT2D eigenvalue weighted by atomic mass is 16.3. The monoisotopic (exact) mass is 544 g/mol. The maximum atomic E-state index is 12.9. The van der Waals surface area contributed by atoms with E-state index in [2.05, 4.69) is 25.5 Å². The Hall–Kier alpha value is -4.56. The lowest BCUT2D eigenvalue weighted by atomic mass is 10.1. The zero-order chi connectivity index (χ0) is 27.6. The Balaban J connectivity index is 1.28. The van der Waals surface area contributed by atoms with Crippen molar-refractivity contribution in [3.05, 3.63) is 101 Å². The smallest absolute Gasteiger partial charge is 0.270 e. The topological polar surface area (TPSA) is 92.8 Å². The van der Waals surface area contributed by atoms with Gasteiger partial charge in [0.15, 0.2) is 5.76 Å². The summed E-state index contributed by atoms with van der Waals surface area (Å²) in [4.78, 5) is 33.1. The quantitative estimate of drug-likeness (QED) is 0.250. The zero-order valence-electron chi connectivity index (χ0n) is 22.9. The van der Waals surface area contributed by atoms with Gasteiger partial charge in [0.2, 0.25) is 0 Å². The second-order valence-corrected chi connectivity index (χ2v) is 10.8. The molecule has 0 saturated carbocycles. The number of furan rings is 1. The molecule has 0 atom stereocenters. The maximum Gasteiger partial charge on any atom is 0.270 e. The van der Waals surface area contributed by atoms with Crippen molar-refractivity contribution in [1.82, 2.24) is 29.4 Å². The van der Waals surface area contributed by atoms with Crippen LogP contribution in [0.15, 0.2) is 88.4 Å². The number of aromatic amines is 1. The largest absolute Gasteiger partial charge is 0.463 e. The third-order valence-corrected chi connectivity index (χ3v) is 7.95. The van der Waals surface area contributed by atoms with Crippen LogP contribution >= 0.6 is 0 Å². The second kappa shape index (κ2) is 11.1. The first-order chi connectivity index (χ1) is 20.2. The molecular weight excluding hydrogens is 512 g/mol. The SMILES string of the molecule is O=c1[nH]c2cc3nc(-c4ccc(-c5ccco5)nc4)n(CCCN4CCCCC4)c3cc2nc1Cc1ccccc1. The first-order valence-electron chi connectivity index (χ1n) is 14.4. The highest BCUT2D eigenvalue weighted by Crippen LogP contribution is 2.29. The van der Waals surface area contributed by atoms with E-state index in [1.165, 1.54) is 32.4 Å². The van der Waals surface area contributed by atoms with Gasteiger partial charge in [-0.25, -0.2) is 9.97 Å². The van der Waals surface area contributed by atoms with E-state index < -0.39 is 0 Å². The average Bonchev–Trinajstić information content (AvgIpc) is 3.67. The molecule has 7 rings (SSSR count). The van der Waals surface area contributed by atoms with Gasteiger partial charge in [-0.3, -0.25) is 9.78 Å². The minimum atomic E-state index is -0.167. The van der Waals surface area contributed by atoms with Crippen LogP contribution in [0.3, 0.4) is 0 Å². The van der Waals surface area contributed by atoms with Crippen molar-refractivity contribution in [2.75, 3.05) is 19.6 Å². The highest BCUT2D eigenvalue weighted by molar-refractivity contribution is 5.93. The predicted molar refractivity (Wildman–Crippen MR) is 161 cm³/mol. The first-order valence-corrected chi connectivity index (χ1v) is 14.4. The van der Waals surface area contributed by atoms with Crippen molar-refractivity contribution >= 4 is 22.1 Å². The number of nitrogens with zero attached hydrogens (tertiary/aromatic N) is 5. The van der Waals surface area contributed by atoms with Crippen molar-refractivity contribution in [3.63, 3.8) is 0 Å². The fourth-order valence-electron chi connectivity index (χ4n) is 5.83. The van der Waals surface area contributed by atoms with Gasteiger partial charge in [0.25, 0.3) is 5.56 Å². The summed E-state index contributed by atoms with van der Waals surface area (Å²) in [5.41, 5.74) is 6.40. The number of H-pyrrole nitrogens is 1. The van der Waals surface area contributed by atoms with Crippen LogP contribution in [-0.2, 0) is 13.0 Å². The Kier molecular flexibility index (Phi) is 6.90. The Bertz CT molecular complexity index is 1830. The molecule has 1 N–H and O–H groups in total. The number of rotatable bonds is 8. The number of pyridine rings is 1. The van der Waals surface area contributed by atoms with Gasteiger partial charge < -0.3 is 18.9 Å². The molecule has 0 amide bonds. The van der Waals surface area contributed by atoms with E-state index in [1.807, 2.05) is 66.9 Å². The van der Waals surface area contributed by atoms with Gasteiger partial charge >= 0.3 is 0 Å². The Morgan fingerprint density at radius 2 is 1.76 bits per heavy atom. The number of aromatic nitrogens is 5. The van der Waals surface area contributed by atoms with E-state index in [9.17, 15) is 4.79 Å². The van der Waals surface area contributed by atoms with E-state index in [1.54, 1.807) is 6.26 Å². The number of fused-ring (bicyclic) bond motifs is 2. The summed E-state index contributed by atoms with van der Waals surface area (Å²) in [6, 6.07) is 21.8. The van der Waals surface area contributed by atoms with Crippen molar-refractivity contribution in [2.45, 2.75) is 38.6 Å². The minimum Gasteiger partial charge on any atom is -0.463 e. The van der Waals surface area contributed by atoms with E-state index >= 15 is 0 Å². The van der Waals surface area contributed by atoms with Crippen molar-refractivity contribution < 1.29 is 4.42 Å². The number of nitrogens with one attached hydrogen (secondary N) is 1. The molecule has 206 valence electrons. The van der Waals surface area contributed by atoms with Crippen LogP contribution in [0, 0.1) is 0 Å². The van der Waals surface area contributed by atoms with Gasteiger partial charge in [-0.15, -0.1) is 0 Å².